The lowest BCUT2D eigenvalue weighted by molar-refractivity contribution is 0.669. The van der Waals surface area contributed by atoms with Gasteiger partial charge in [0.05, 0.1) is 31.8 Å². The largest absolute Gasteiger partial charge is 0.456 e. The lowest BCUT2D eigenvalue weighted by atomic mass is 9.95. The molecule has 0 fully saturated rings. The fraction of sp³-hybridized carbons (Fsp3) is 0. The Bertz CT molecular complexity index is 4530. The zero-order chi connectivity index (χ0) is 52.4. The van der Waals surface area contributed by atoms with Crippen molar-refractivity contribution in [2.75, 3.05) is 4.90 Å². The fourth-order valence-corrected chi connectivity index (χ4v) is 9.39. The fourth-order valence-electron chi connectivity index (χ4n) is 9.39. The van der Waals surface area contributed by atoms with E-state index in [2.05, 4.69) is 53.1 Å². The number of fused-ring (bicyclic) bond motifs is 8. The van der Waals surface area contributed by atoms with Crippen LogP contribution >= 0.6 is 0 Å². The molecule has 2 aromatic heterocycles. The highest BCUT2D eigenvalue weighted by Crippen LogP contribution is 2.46. The molecule has 0 aliphatic heterocycles. The van der Waals surface area contributed by atoms with E-state index < -0.39 is 77.6 Å². The Morgan fingerprint density at radius 2 is 1.06 bits per heavy atom. The summed E-state index contributed by atoms with van der Waals surface area (Å²) >= 11 is 0. The first-order valence-corrected chi connectivity index (χ1v) is 21.4. The van der Waals surface area contributed by atoms with Gasteiger partial charge in [0.15, 0.2) is 0 Å². The topological polar surface area (TPSA) is 21.3 Å². The van der Waals surface area contributed by atoms with Crippen LogP contribution in [0, 0.1) is 0 Å². The molecule has 0 bridgehead atoms. The molecule has 0 aliphatic rings. The van der Waals surface area contributed by atoms with Crippen LogP contribution in [-0.4, -0.2) is 4.57 Å². The number of para-hydroxylation sites is 3. The number of benzene rings is 11. The van der Waals surface area contributed by atoms with Crippen LogP contribution in [0.4, 0.5) is 17.1 Å². The Balaban J connectivity index is 1.03. The zero-order valence-corrected chi connectivity index (χ0v) is 34.5. The maximum atomic E-state index is 9.90. The summed E-state index contributed by atoms with van der Waals surface area (Å²) in [5, 5.41) is 5.39. The molecule has 0 aliphatic carbocycles. The van der Waals surface area contributed by atoms with E-state index >= 15 is 0 Å². The summed E-state index contributed by atoms with van der Waals surface area (Å²) in [5.74, 6) is 0. The highest BCUT2D eigenvalue weighted by Gasteiger charge is 2.21. The third-order valence-corrected chi connectivity index (χ3v) is 12.3. The second-order valence-corrected chi connectivity index (χ2v) is 16.0. The second-order valence-electron chi connectivity index (χ2n) is 16.0. The summed E-state index contributed by atoms with van der Waals surface area (Å²) in [5.41, 5.74) is 7.80. The molecule has 11 aromatic carbocycles. The minimum Gasteiger partial charge on any atom is -0.456 e. The second kappa shape index (κ2) is 15.0. The van der Waals surface area contributed by atoms with Crippen LogP contribution in [0.2, 0.25) is 0 Å². The average molecular weight is 840 g/mol. The van der Waals surface area contributed by atoms with Crippen molar-refractivity contribution in [2.45, 2.75) is 0 Å². The summed E-state index contributed by atoms with van der Waals surface area (Å²) < 4.78 is 109. The number of hydrogen-bond acceptors (Lipinski definition) is 2. The molecule has 13 rings (SSSR count). The zero-order valence-electron chi connectivity index (χ0n) is 45.5. The third kappa shape index (κ3) is 6.12. The molecule has 0 radical (unpaired) electrons. The standard InChI is InChI=1S/C62H40N2O/c1-2-16-46-40-61-56(39-45(46)15-1)62-55(25-13-29-60(62)65-61)54-23-7-8-26-57(54)63(48-36-32-43(33-37-48)51-24-12-17-42-14-3-4-20-50(42)51)47-34-30-41(31-35-47)44-18-11-19-49(38-44)64-58-27-9-5-21-52(58)53-22-6-10-28-59(53)64/h1-40H/i3D,4D,12D,14D,17D,20D,24D,32D,33D,36D,37D. The van der Waals surface area contributed by atoms with Crippen molar-refractivity contribution >= 4 is 82.4 Å². The van der Waals surface area contributed by atoms with Crippen molar-refractivity contribution in [3.05, 3.63) is 242 Å². The van der Waals surface area contributed by atoms with Crippen LogP contribution in [0.1, 0.15) is 15.1 Å². The van der Waals surface area contributed by atoms with Crippen LogP contribution in [0.25, 0.3) is 104 Å². The van der Waals surface area contributed by atoms with E-state index in [1.165, 1.54) is 0 Å². The Hall–Kier alpha value is -8.66. The lowest BCUT2D eigenvalue weighted by Crippen LogP contribution is -2.11. The Morgan fingerprint density at radius 3 is 1.88 bits per heavy atom. The van der Waals surface area contributed by atoms with Gasteiger partial charge in [-0.15, -0.1) is 0 Å². The molecule has 0 amide bonds. The SMILES string of the molecule is [2H]c1c([2H])c(N(c2ccc(-c3cccc(-n4c5ccccc5c5ccccc54)c3)cc2)c2ccccc2-c2cccc3oc4cc5ccccc5cc4c23)c([2H])c([2H])c1-c1c([2H])c([2H])c([2H])c2c([2H])c([2H])c([2H])c([2H])c12. The first kappa shape index (κ1) is 27.4. The van der Waals surface area contributed by atoms with E-state index in [-0.39, 0.29) is 16.5 Å². The van der Waals surface area contributed by atoms with Gasteiger partial charge in [-0.2, -0.15) is 0 Å². The van der Waals surface area contributed by atoms with Gasteiger partial charge < -0.3 is 13.9 Å². The maximum absolute atomic E-state index is 9.90. The molecule has 0 atom stereocenters. The number of aromatic nitrogens is 1. The van der Waals surface area contributed by atoms with Crippen molar-refractivity contribution in [1.29, 1.82) is 0 Å². The molecule has 13 aromatic rings. The van der Waals surface area contributed by atoms with Gasteiger partial charge in [0.25, 0.3) is 0 Å². The Labute approximate surface area is 391 Å². The normalized spacial score (nSPS) is 14.1. The number of furan rings is 1. The molecular weight excluding hydrogens is 789 g/mol. The monoisotopic (exact) mass is 839 g/mol. The number of nitrogens with zero attached hydrogens (tertiary/aromatic N) is 2. The van der Waals surface area contributed by atoms with E-state index in [4.69, 9.17) is 14.0 Å². The lowest BCUT2D eigenvalue weighted by Gasteiger charge is -2.28. The molecule has 0 N–H and O–H groups in total. The van der Waals surface area contributed by atoms with Crippen LogP contribution in [0.15, 0.2) is 247 Å². The van der Waals surface area contributed by atoms with Crippen LogP contribution < -0.4 is 4.90 Å². The molecule has 65 heavy (non-hydrogen) atoms. The van der Waals surface area contributed by atoms with Crippen molar-refractivity contribution in [2.24, 2.45) is 0 Å². The number of anilines is 3. The summed E-state index contributed by atoms with van der Waals surface area (Å²) in [6.45, 7) is 0. The molecule has 2 heterocycles. The van der Waals surface area contributed by atoms with E-state index in [1.54, 1.807) is 4.90 Å². The van der Waals surface area contributed by atoms with E-state index in [0.29, 0.717) is 28.1 Å². The van der Waals surface area contributed by atoms with Gasteiger partial charge in [0.2, 0.25) is 0 Å². The van der Waals surface area contributed by atoms with E-state index in [0.717, 1.165) is 65.7 Å². The molecular formula is C62H40N2O. The quantitative estimate of drug-likeness (QED) is 0.159. The van der Waals surface area contributed by atoms with Gasteiger partial charge in [0, 0.05) is 44.2 Å². The number of hydrogen-bond donors (Lipinski definition) is 0. The molecule has 304 valence electrons. The molecule has 0 spiro atoms. The highest BCUT2D eigenvalue weighted by molar-refractivity contribution is 6.17. The molecule has 3 nitrogen and oxygen atoms in total. The molecule has 0 unspecified atom stereocenters. The van der Waals surface area contributed by atoms with Gasteiger partial charge in [-0.3, -0.25) is 0 Å². The van der Waals surface area contributed by atoms with Crippen molar-refractivity contribution in [3.63, 3.8) is 0 Å². The first-order chi connectivity index (χ1) is 36.8. The van der Waals surface area contributed by atoms with Gasteiger partial charge in [0.1, 0.15) is 11.2 Å². The Morgan fingerprint density at radius 1 is 0.385 bits per heavy atom. The Kier molecular flexibility index (Phi) is 6.33. The minimum atomic E-state index is -0.682. The predicted molar refractivity (Wildman–Crippen MR) is 274 cm³/mol. The van der Waals surface area contributed by atoms with E-state index in [9.17, 15) is 5.48 Å². The summed E-state index contributed by atoms with van der Waals surface area (Å²) in [6, 6.07) is 51.5. The first-order valence-electron chi connectivity index (χ1n) is 26.9. The van der Waals surface area contributed by atoms with Crippen LogP contribution in [0.5, 0.6) is 0 Å². The van der Waals surface area contributed by atoms with Gasteiger partial charge in [-0.25, -0.2) is 0 Å². The molecule has 0 saturated heterocycles. The maximum Gasteiger partial charge on any atom is 0.136 e. The van der Waals surface area contributed by atoms with Crippen LogP contribution in [-0.2, 0) is 0 Å². The van der Waals surface area contributed by atoms with Crippen molar-refractivity contribution in [3.8, 4) is 39.1 Å². The van der Waals surface area contributed by atoms with Crippen molar-refractivity contribution < 1.29 is 19.5 Å². The van der Waals surface area contributed by atoms with Gasteiger partial charge in [-0.05, 0) is 122 Å². The number of rotatable bonds is 7. The highest BCUT2D eigenvalue weighted by atomic mass is 16.3. The predicted octanol–water partition coefficient (Wildman–Crippen LogP) is 17.5. The van der Waals surface area contributed by atoms with Gasteiger partial charge in [-0.1, -0.05) is 170 Å². The average Bonchev–Trinajstić information content (AvgIpc) is 4.06. The molecule has 3 heteroatoms. The van der Waals surface area contributed by atoms with E-state index in [1.807, 2.05) is 127 Å². The smallest absolute Gasteiger partial charge is 0.136 e. The summed E-state index contributed by atoms with van der Waals surface area (Å²) in [6.07, 6.45) is 0. The summed E-state index contributed by atoms with van der Waals surface area (Å²) in [7, 11) is 0. The molecule has 0 saturated carbocycles. The minimum absolute atomic E-state index is 0.136. The van der Waals surface area contributed by atoms with Gasteiger partial charge >= 0.3 is 0 Å². The third-order valence-electron chi connectivity index (χ3n) is 12.3. The summed E-state index contributed by atoms with van der Waals surface area (Å²) in [4.78, 5) is 1.70. The van der Waals surface area contributed by atoms with Crippen LogP contribution in [0.3, 0.4) is 0 Å². The van der Waals surface area contributed by atoms with Crippen molar-refractivity contribution in [1.82, 2.24) is 4.57 Å².